The van der Waals surface area contributed by atoms with Gasteiger partial charge in [-0.05, 0) is 55.8 Å². The molecule has 3 aromatic carbocycles. The number of hydrogen-bond acceptors (Lipinski definition) is 4. The van der Waals surface area contributed by atoms with Crippen LogP contribution in [0.3, 0.4) is 0 Å². The topological polar surface area (TPSA) is 53.5 Å². The van der Waals surface area contributed by atoms with E-state index in [0.29, 0.717) is 0 Å². The minimum atomic E-state index is 0.159. The van der Waals surface area contributed by atoms with Gasteiger partial charge in [0.25, 0.3) is 0 Å². The number of rotatable bonds is 12. The van der Waals surface area contributed by atoms with E-state index in [2.05, 4.69) is 47.8 Å². The van der Waals surface area contributed by atoms with Crippen molar-refractivity contribution in [3.05, 3.63) is 83.4 Å². The third kappa shape index (κ3) is 6.65. The Labute approximate surface area is 197 Å². The lowest BCUT2D eigenvalue weighted by Crippen LogP contribution is -2.82. The van der Waals surface area contributed by atoms with E-state index in [1.165, 1.54) is 16.7 Å². The second-order valence-corrected chi connectivity index (χ2v) is 8.29. The summed E-state index contributed by atoms with van der Waals surface area (Å²) in [5, 5.41) is 2.33. The summed E-state index contributed by atoms with van der Waals surface area (Å²) in [6.07, 6.45) is 1.14. The molecule has 0 aromatic heterocycles. The fourth-order valence-corrected chi connectivity index (χ4v) is 4.07. The van der Waals surface area contributed by atoms with Crippen molar-refractivity contribution in [3.8, 4) is 23.0 Å². The molecule has 0 bridgehead atoms. The van der Waals surface area contributed by atoms with Gasteiger partial charge in [-0.3, -0.25) is 0 Å². The predicted molar refractivity (Wildman–Crippen MR) is 132 cm³/mol. The number of para-hydroxylation sites is 1. The van der Waals surface area contributed by atoms with Crippen LogP contribution in [0.25, 0.3) is 0 Å². The summed E-state index contributed by atoms with van der Waals surface area (Å²) >= 11 is 0. The Morgan fingerprint density at radius 3 is 2.12 bits per heavy atom. The summed E-state index contributed by atoms with van der Waals surface area (Å²) in [4.78, 5) is 0. The fraction of sp³-hybridized carbons (Fsp3) is 0.357. The second kappa shape index (κ2) is 12.2. The molecule has 0 aliphatic heterocycles. The Morgan fingerprint density at radius 2 is 1.45 bits per heavy atom. The van der Waals surface area contributed by atoms with E-state index in [1.54, 1.807) is 21.3 Å². The van der Waals surface area contributed by atoms with Crippen LogP contribution in [0, 0.1) is 0 Å². The summed E-state index contributed by atoms with van der Waals surface area (Å²) in [5.74, 6) is 3.56. The first-order valence-corrected chi connectivity index (χ1v) is 11.5. The number of hydrogen-bond donors (Lipinski definition) is 1. The largest absolute Gasteiger partial charge is 0.496 e. The Kier molecular flexibility index (Phi) is 9.02. The van der Waals surface area contributed by atoms with Crippen molar-refractivity contribution in [2.75, 3.05) is 27.9 Å². The molecule has 3 aromatic rings. The summed E-state index contributed by atoms with van der Waals surface area (Å²) in [7, 11) is 5.06. The van der Waals surface area contributed by atoms with Crippen molar-refractivity contribution in [3.63, 3.8) is 0 Å². The Hall–Kier alpha value is -3.18. The number of benzene rings is 3. The maximum absolute atomic E-state index is 5.83. The van der Waals surface area contributed by atoms with E-state index in [9.17, 15) is 0 Å². The minimum Gasteiger partial charge on any atom is -0.496 e. The van der Waals surface area contributed by atoms with Crippen LogP contribution in [0.15, 0.2) is 66.7 Å². The molecule has 0 spiro atoms. The zero-order chi connectivity index (χ0) is 23.6. The van der Waals surface area contributed by atoms with Crippen molar-refractivity contribution < 1.29 is 24.3 Å². The summed E-state index contributed by atoms with van der Waals surface area (Å²) in [6, 6.07) is 22.8. The van der Waals surface area contributed by atoms with Crippen LogP contribution in [-0.2, 0) is 6.54 Å². The van der Waals surface area contributed by atoms with Gasteiger partial charge in [0.2, 0.25) is 0 Å². The normalized spacial score (nSPS) is 11.8. The lowest BCUT2D eigenvalue weighted by Gasteiger charge is -2.20. The molecule has 0 aliphatic rings. The molecule has 0 unspecified atom stereocenters. The van der Waals surface area contributed by atoms with Gasteiger partial charge in [0.05, 0.1) is 34.0 Å². The molecule has 2 N–H and O–H groups in total. The smallest absolute Gasteiger partial charge is 0.161 e. The maximum Gasteiger partial charge on any atom is 0.161 e. The SMILES string of the molecule is COc1ccc(C[NH2+]CC[C@H](c2ccc(OC(C)C)cc2)c2ccccc2OC)cc1OC. The molecular formula is C28H36NO4+. The zero-order valence-corrected chi connectivity index (χ0v) is 20.3. The predicted octanol–water partition coefficient (Wildman–Crippen LogP) is 4.79. The molecule has 5 heteroatoms. The molecule has 0 fully saturated rings. The highest BCUT2D eigenvalue weighted by Crippen LogP contribution is 2.34. The second-order valence-electron chi connectivity index (χ2n) is 8.29. The quantitative estimate of drug-likeness (QED) is 0.403. The van der Waals surface area contributed by atoms with Crippen LogP contribution in [0.4, 0.5) is 0 Å². The van der Waals surface area contributed by atoms with Gasteiger partial charge < -0.3 is 24.3 Å². The summed E-state index contributed by atoms with van der Waals surface area (Å²) in [5.41, 5.74) is 3.67. The molecule has 0 heterocycles. The van der Waals surface area contributed by atoms with Gasteiger partial charge in [-0.2, -0.15) is 0 Å². The molecule has 5 nitrogen and oxygen atoms in total. The molecule has 1 atom stereocenters. The molecule has 0 amide bonds. The van der Waals surface area contributed by atoms with Gasteiger partial charge >= 0.3 is 0 Å². The third-order valence-corrected chi connectivity index (χ3v) is 5.66. The molecule has 3 rings (SSSR count). The molecule has 0 saturated heterocycles. The van der Waals surface area contributed by atoms with Gasteiger partial charge in [0, 0.05) is 23.5 Å². The van der Waals surface area contributed by atoms with E-state index in [1.807, 2.05) is 38.1 Å². The number of ether oxygens (including phenoxy) is 4. The average Bonchev–Trinajstić information content (AvgIpc) is 2.84. The molecule has 176 valence electrons. The minimum absolute atomic E-state index is 0.159. The van der Waals surface area contributed by atoms with Crippen molar-refractivity contribution in [2.24, 2.45) is 0 Å². The molecular weight excluding hydrogens is 414 g/mol. The van der Waals surface area contributed by atoms with Crippen molar-refractivity contribution in [1.29, 1.82) is 0 Å². The molecule has 33 heavy (non-hydrogen) atoms. The summed E-state index contributed by atoms with van der Waals surface area (Å²) < 4.78 is 22.3. The zero-order valence-electron chi connectivity index (χ0n) is 20.3. The number of methoxy groups -OCH3 is 3. The first-order chi connectivity index (χ1) is 16.0. The van der Waals surface area contributed by atoms with Gasteiger partial charge in [-0.25, -0.2) is 0 Å². The first kappa shape index (κ1) is 24.5. The van der Waals surface area contributed by atoms with Crippen LogP contribution in [-0.4, -0.2) is 34.0 Å². The number of quaternary nitrogens is 1. The monoisotopic (exact) mass is 450 g/mol. The van der Waals surface area contributed by atoms with E-state index in [4.69, 9.17) is 18.9 Å². The van der Waals surface area contributed by atoms with E-state index < -0.39 is 0 Å². The highest BCUT2D eigenvalue weighted by Gasteiger charge is 2.19. The van der Waals surface area contributed by atoms with Gasteiger partial charge in [-0.1, -0.05) is 30.3 Å². The Morgan fingerprint density at radius 1 is 0.758 bits per heavy atom. The van der Waals surface area contributed by atoms with Gasteiger partial charge in [0.15, 0.2) is 11.5 Å². The molecule has 0 radical (unpaired) electrons. The highest BCUT2D eigenvalue weighted by atomic mass is 16.5. The fourth-order valence-electron chi connectivity index (χ4n) is 4.07. The Balaban J connectivity index is 1.72. The van der Waals surface area contributed by atoms with Crippen LogP contribution >= 0.6 is 0 Å². The third-order valence-electron chi connectivity index (χ3n) is 5.66. The van der Waals surface area contributed by atoms with Crippen molar-refractivity contribution in [2.45, 2.75) is 38.8 Å². The maximum atomic E-state index is 5.83. The molecule has 0 saturated carbocycles. The first-order valence-electron chi connectivity index (χ1n) is 11.5. The van der Waals surface area contributed by atoms with Crippen LogP contribution < -0.4 is 24.3 Å². The Bertz CT molecular complexity index is 1000. The van der Waals surface area contributed by atoms with Crippen LogP contribution in [0.2, 0.25) is 0 Å². The lowest BCUT2D eigenvalue weighted by atomic mass is 9.88. The molecule has 0 aliphatic carbocycles. The van der Waals surface area contributed by atoms with E-state index in [0.717, 1.165) is 42.5 Å². The number of nitrogens with two attached hydrogens (primary N) is 1. The van der Waals surface area contributed by atoms with Gasteiger partial charge in [0.1, 0.15) is 18.0 Å². The van der Waals surface area contributed by atoms with Crippen molar-refractivity contribution >= 4 is 0 Å². The van der Waals surface area contributed by atoms with Crippen LogP contribution in [0.5, 0.6) is 23.0 Å². The van der Waals surface area contributed by atoms with E-state index >= 15 is 0 Å². The van der Waals surface area contributed by atoms with E-state index in [-0.39, 0.29) is 12.0 Å². The standard InChI is InChI=1S/C28H35NO4/c1-20(2)33-23-13-11-22(12-14-23)24(25-8-6-7-9-26(25)30-3)16-17-29-19-21-10-15-27(31-4)28(18-21)32-5/h6-15,18,20,24,29H,16-17,19H2,1-5H3/p+1/t24-/m1/s1. The average molecular weight is 451 g/mol. The van der Waals surface area contributed by atoms with Crippen LogP contribution in [0.1, 0.15) is 42.9 Å². The van der Waals surface area contributed by atoms with Crippen molar-refractivity contribution in [1.82, 2.24) is 0 Å². The lowest BCUT2D eigenvalue weighted by molar-refractivity contribution is -0.671. The highest BCUT2D eigenvalue weighted by molar-refractivity contribution is 5.44. The van der Waals surface area contributed by atoms with Gasteiger partial charge in [-0.15, -0.1) is 0 Å². The summed E-state index contributed by atoms with van der Waals surface area (Å²) in [6.45, 7) is 5.93.